The van der Waals surface area contributed by atoms with Gasteiger partial charge in [0.1, 0.15) is 0 Å². The molecule has 0 bridgehead atoms. The predicted octanol–water partition coefficient (Wildman–Crippen LogP) is 2.22. The van der Waals surface area contributed by atoms with Gasteiger partial charge in [0, 0.05) is 16.5 Å². The molecule has 0 saturated heterocycles. The van der Waals surface area contributed by atoms with Crippen LogP contribution in [-0.2, 0) is 6.42 Å². The normalized spacial score (nSPS) is 12.9. The molecule has 0 aliphatic carbocycles. The summed E-state index contributed by atoms with van der Waals surface area (Å²) in [5.41, 5.74) is 0.405. The standard InChI is InChI=1S/C9H10BrFO2/c1-5(12)2-6-3-7(10)4-8(11)9(6)13/h3-5,12-13H,2H2,1H3. The fourth-order valence-corrected chi connectivity index (χ4v) is 1.57. The van der Waals surface area contributed by atoms with Crippen LogP contribution in [0, 0.1) is 5.82 Å². The molecule has 2 N–H and O–H groups in total. The minimum atomic E-state index is -0.676. The second-order valence-corrected chi connectivity index (χ2v) is 3.86. The van der Waals surface area contributed by atoms with Crippen LogP contribution in [0.2, 0.25) is 0 Å². The molecule has 1 aromatic rings. The summed E-state index contributed by atoms with van der Waals surface area (Å²) >= 11 is 3.10. The Balaban J connectivity index is 3.05. The van der Waals surface area contributed by atoms with Crippen LogP contribution in [0.1, 0.15) is 12.5 Å². The maximum absolute atomic E-state index is 12.9. The Kier molecular flexibility index (Phi) is 3.27. The molecule has 1 aromatic carbocycles. The Hall–Kier alpha value is -0.610. The van der Waals surface area contributed by atoms with E-state index in [0.29, 0.717) is 10.0 Å². The Morgan fingerprint density at radius 1 is 1.54 bits per heavy atom. The van der Waals surface area contributed by atoms with E-state index in [4.69, 9.17) is 5.11 Å². The van der Waals surface area contributed by atoms with Crippen LogP contribution >= 0.6 is 15.9 Å². The molecule has 2 nitrogen and oxygen atoms in total. The average Bonchev–Trinajstić information content (AvgIpc) is 1.98. The van der Waals surface area contributed by atoms with E-state index in [1.54, 1.807) is 13.0 Å². The van der Waals surface area contributed by atoms with E-state index in [0.717, 1.165) is 0 Å². The van der Waals surface area contributed by atoms with Crippen molar-refractivity contribution in [2.24, 2.45) is 0 Å². The fourth-order valence-electron chi connectivity index (χ4n) is 1.09. The van der Waals surface area contributed by atoms with Crippen molar-refractivity contribution in [2.45, 2.75) is 19.4 Å². The molecule has 0 heterocycles. The van der Waals surface area contributed by atoms with Crippen LogP contribution in [0.5, 0.6) is 5.75 Å². The van der Waals surface area contributed by atoms with E-state index in [1.807, 2.05) is 0 Å². The van der Waals surface area contributed by atoms with Crippen LogP contribution in [0.15, 0.2) is 16.6 Å². The van der Waals surface area contributed by atoms with Crippen molar-refractivity contribution in [3.63, 3.8) is 0 Å². The molecule has 0 radical (unpaired) electrons. The molecule has 0 amide bonds. The number of phenolic OH excluding ortho intramolecular Hbond substituents is 1. The van der Waals surface area contributed by atoms with Gasteiger partial charge in [0.2, 0.25) is 0 Å². The van der Waals surface area contributed by atoms with E-state index in [9.17, 15) is 9.50 Å². The molecular formula is C9H10BrFO2. The number of aliphatic hydroxyl groups is 1. The zero-order chi connectivity index (χ0) is 10.0. The van der Waals surface area contributed by atoms with E-state index in [1.165, 1.54) is 6.07 Å². The molecule has 0 spiro atoms. The summed E-state index contributed by atoms with van der Waals surface area (Å²) in [6.07, 6.45) is -0.359. The molecule has 0 aliphatic heterocycles. The quantitative estimate of drug-likeness (QED) is 0.843. The summed E-state index contributed by atoms with van der Waals surface area (Å²) in [4.78, 5) is 0. The highest BCUT2D eigenvalue weighted by molar-refractivity contribution is 9.10. The van der Waals surface area contributed by atoms with Gasteiger partial charge in [-0.1, -0.05) is 15.9 Å². The number of aromatic hydroxyl groups is 1. The van der Waals surface area contributed by atoms with Gasteiger partial charge in [-0.2, -0.15) is 0 Å². The van der Waals surface area contributed by atoms with Gasteiger partial charge in [-0.3, -0.25) is 0 Å². The lowest BCUT2D eigenvalue weighted by molar-refractivity contribution is 0.194. The fraction of sp³-hybridized carbons (Fsp3) is 0.333. The lowest BCUT2D eigenvalue weighted by atomic mass is 10.1. The SMILES string of the molecule is CC(O)Cc1cc(Br)cc(F)c1O. The van der Waals surface area contributed by atoms with Crippen LogP contribution in [0.25, 0.3) is 0 Å². The summed E-state index contributed by atoms with van der Waals surface area (Å²) in [7, 11) is 0. The monoisotopic (exact) mass is 248 g/mol. The highest BCUT2D eigenvalue weighted by atomic mass is 79.9. The lowest BCUT2D eigenvalue weighted by Gasteiger charge is -2.07. The third-order valence-corrected chi connectivity index (χ3v) is 2.08. The highest BCUT2D eigenvalue weighted by Gasteiger charge is 2.10. The van der Waals surface area contributed by atoms with Gasteiger partial charge >= 0.3 is 0 Å². The number of benzene rings is 1. The Labute approximate surface area is 84.1 Å². The van der Waals surface area contributed by atoms with E-state index in [-0.39, 0.29) is 12.2 Å². The topological polar surface area (TPSA) is 40.5 Å². The first-order chi connectivity index (χ1) is 6.00. The van der Waals surface area contributed by atoms with Crippen LogP contribution in [-0.4, -0.2) is 16.3 Å². The minimum absolute atomic E-state index is 0.238. The molecule has 0 saturated carbocycles. The third kappa shape index (κ3) is 2.67. The van der Waals surface area contributed by atoms with Crippen molar-refractivity contribution in [2.75, 3.05) is 0 Å². The van der Waals surface area contributed by atoms with Gasteiger partial charge in [0.05, 0.1) is 6.10 Å². The molecule has 0 aromatic heterocycles. The van der Waals surface area contributed by atoms with E-state index < -0.39 is 11.9 Å². The van der Waals surface area contributed by atoms with Crippen LogP contribution in [0.3, 0.4) is 0 Å². The second-order valence-electron chi connectivity index (χ2n) is 2.95. The smallest absolute Gasteiger partial charge is 0.166 e. The first-order valence-corrected chi connectivity index (χ1v) is 4.65. The molecule has 1 atom stereocenters. The molecular weight excluding hydrogens is 239 g/mol. The molecule has 1 rings (SSSR count). The maximum Gasteiger partial charge on any atom is 0.166 e. The lowest BCUT2D eigenvalue weighted by Crippen LogP contribution is -2.04. The van der Waals surface area contributed by atoms with Crippen LogP contribution < -0.4 is 0 Å². The number of phenols is 1. The average molecular weight is 249 g/mol. The summed E-state index contributed by atoms with van der Waals surface area (Å²) in [5, 5.41) is 18.3. The molecule has 4 heteroatoms. The van der Waals surface area contributed by atoms with E-state index >= 15 is 0 Å². The van der Waals surface area contributed by atoms with Gasteiger partial charge in [0.15, 0.2) is 11.6 Å². The largest absolute Gasteiger partial charge is 0.505 e. The summed E-state index contributed by atoms with van der Waals surface area (Å²) in [5.74, 6) is -1.06. The molecule has 0 aliphatic rings. The van der Waals surface area contributed by atoms with Crippen molar-refractivity contribution in [1.82, 2.24) is 0 Å². The Morgan fingerprint density at radius 2 is 2.15 bits per heavy atom. The summed E-state index contributed by atoms with van der Waals surface area (Å²) in [6, 6.07) is 2.77. The van der Waals surface area contributed by atoms with Crippen molar-refractivity contribution >= 4 is 15.9 Å². The molecule has 1 unspecified atom stereocenters. The number of hydrogen-bond acceptors (Lipinski definition) is 2. The summed E-state index contributed by atoms with van der Waals surface area (Å²) < 4.78 is 13.5. The minimum Gasteiger partial charge on any atom is -0.505 e. The number of halogens is 2. The first kappa shape index (κ1) is 10.5. The van der Waals surface area contributed by atoms with Gasteiger partial charge in [-0.05, 0) is 19.1 Å². The van der Waals surface area contributed by atoms with Crippen molar-refractivity contribution in [3.05, 3.63) is 28.0 Å². The summed E-state index contributed by atoms with van der Waals surface area (Å²) in [6.45, 7) is 1.58. The van der Waals surface area contributed by atoms with Gasteiger partial charge in [0.25, 0.3) is 0 Å². The second kappa shape index (κ2) is 4.07. The molecule has 0 fully saturated rings. The van der Waals surface area contributed by atoms with Crippen molar-refractivity contribution in [1.29, 1.82) is 0 Å². The Bertz CT molecular complexity index is 313. The molecule has 13 heavy (non-hydrogen) atoms. The number of hydrogen-bond donors (Lipinski definition) is 2. The van der Waals surface area contributed by atoms with Crippen LogP contribution in [0.4, 0.5) is 4.39 Å². The van der Waals surface area contributed by atoms with E-state index in [2.05, 4.69) is 15.9 Å². The number of aliphatic hydroxyl groups excluding tert-OH is 1. The van der Waals surface area contributed by atoms with Gasteiger partial charge in [-0.15, -0.1) is 0 Å². The zero-order valence-corrected chi connectivity index (χ0v) is 8.68. The zero-order valence-electron chi connectivity index (χ0n) is 7.09. The Morgan fingerprint density at radius 3 is 2.69 bits per heavy atom. The molecule has 72 valence electrons. The van der Waals surface area contributed by atoms with Gasteiger partial charge < -0.3 is 10.2 Å². The third-order valence-electron chi connectivity index (χ3n) is 1.62. The highest BCUT2D eigenvalue weighted by Crippen LogP contribution is 2.26. The van der Waals surface area contributed by atoms with Crippen molar-refractivity contribution < 1.29 is 14.6 Å². The number of rotatable bonds is 2. The maximum atomic E-state index is 12.9. The van der Waals surface area contributed by atoms with Crippen molar-refractivity contribution in [3.8, 4) is 5.75 Å². The van der Waals surface area contributed by atoms with Gasteiger partial charge in [-0.25, -0.2) is 4.39 Å². The first-order valence-electron chi connectivity index (χ1n) is 3.85. The predicted molar refractivity (Wildman–Crippen MR) is 51.1 cm³/mol.